The van der Waals surface area contributed by atoms with Crippen molar-refractivity contribution < 1.29 is 18.7 Å². The summed E-state index contributed by atoms with van der Waals surface area (Å²) in [5, 5.41) is 14.4. The molecule has 0 saturated carbocycles. The van der Waals surface area contributed by atoms with Gasteiger partial charge in [0.05, 0.1) is 19.1 Å². The number of halogens is 2. The summed E-state index contributed by atoms with van der Waals surface area (Å²) < 4.78 is 26.6. The third-order valence-electron chi connectivity index (χ3n) is 4.06. The van der Waals surface area contributed by atoms with E-state index in [9.17, 15) is 18.7 Å². The van der Waals surface area contributed by atoms with Crippen molar-refractivity contribution in [1.29, 1.82) is 0 Å². The molecule has 0 fully saturated rings. The summed E-state index contributed by atoms with van der Waals surface area (Å²) >= 11 is 0. The van der Waals surface area contributed by atoms with Crippen LogP contribution in [-0.2, 0) is 11.2 Å². The highest BCUT2D eigenvalue weighted by Gasteiger charge is 2.16. The summed E-state index contributed by atoms with van der Waals surface area (Å²) in [5.41, 5.74) is 0.864. The largest absolute Gasteiger partial charge is 0.394 e. The van der Waals surface area contributed by atoms with E-state index < -0.39 is 23.6 Å². The van der Waals surface area contributed by atoms with Gasteiger partial charge in [0, 0.05) is 6.07 Å². The first kappa shape index (κ1) is 17.0. The molecule has 0 unspecified atom stereocenters. The van der Waals surface area contributed by atoms with Crippen LogP contribution in [0, 0.1) is 11.6 Å². The highest BCUT2D eigenvalue weighted by molar-refractivity contribution is 5.83. The Bertz CT molecular complexity index is 911. The summed E-state index contributed by atoms with van der Waals surface area (Å²) in [4.78, 5) is 12.2. The lowest BCUT2D eigenvalue weighted by Gasteiger charge is -2.17. The first-order valence-corrected chi connectivity index (χ1v) is 7.89. The third kappa shape index (κ3) is 4.00. The van der Waals surface area contributed by atoms with Crippen molar-refractivity contribution in [1.82, 2.24) is 5.32 Å². The smallest absolute Gasteiger partial charge is 0.225 e. The molecule has 3 aromatic carbocycles. The molecule has 0 aliphatic carbocycles. The number of nitrogens with one attached hydrogen (secondary N) is 1. The second-order valence-corrected chi connectivity index (χ2v) is 5.82. The highest BCUT2D eigenvalue weighted by atomic mass is 19.1. The van der Waals surface area contributed by atoms with E-state index in [4.69, 9.17) is 0 Å². The number of benzene rings is 3. The Morgan fingerprint density at radius 1 is 1.00 bits per heavy atom. The maximum atomic E-state index is 13.7. The van der Waals surface area contributed by atoms with Gasteiger partial charge in [-0.1, -0.05) is 42.5 Å². The van der Waals surface area contributed by atoms with Crippen LogP contribution in [0.25, 0.3) is 10.8 Å². The Labute approximate surface area is 143 Å². The molecular weight excluding hydrogens is 324 g/mol. The molecule has 0 heterocycles. The molecule has 0 aliphatic rings. The summed E-state index contributed by atoms with van der Waals surface area (Å²) in [6, 6.07) is 15.9. The Kier molecular flexibility index (Phi) is 5.05. The Morgan fingerprint density at radius 2 is 1.76 bits per heavy atom. The highest BCUT2D eigenvalue weighted by Crippen LogP contribution is 2.20. The molecule has 3 rings (SSSR count). The van der Waals surface area contributed by atoms with E-state index >= 15 is 0 Å². The molecule has 3 nitrogen and oxygen atoms in total. The van der Waals surface area contributed by atoms with Crippen molar-refractivity contribution in [2.45, 2.75) is 12.5 Å². The predicted octanol–water partition coefficient (Wildman–Crippen LogP) is 3.51. The number of fused-ring (bicyclic) bond motifs is 1. The quantitative estimate of drug-likeness (QED) is 0.746. The molecule has 0 saturated heterocycles. The lowest BCUT2D eigenvalue weighted by molar-refractivity contribution is -0.121. The number of rotatable bonds is 5. The van der Waals surface area contributed by atoms with E-state index in [2.05, 4.69) is 5.32 Å². The molecule has 1 atom stereocenters. The van der Waals surface area contributed by atoms with Crippen molar-refractivity contribution >= 4 is 16.7 Å². The van der Waals surface area contributed by atoms with Gasteiger partial charge >= 0.3 is 0 Å². The van der Waals surface area contributed by atoms with Crippen LogP contribution in [-0.4, -0.2) is 17.6 Å². The van der Waals surface area contributed by atoms with Crippen LogP contribution in [0.2, 0.25) is 0 Å². The van der Waals surface area contributed by atoms with Gasteiger partial charge < -0.3 is 10.4 Å². The topological polar surface area (TPSA) is 49.3 Å². The van der Waals surface area contributed by atoms with Gasteiger partial charge in [-0.25, -0.2) is 8.78 Å². The summed E-state index contributed by atoms with van der Waals surface area (Å²) in [6.07, 6.45) is -0.226. The van der Waals surface area contributed by atoms with Gasteiger partial charge in [-0.3, -0.25) is 4.79 Å². The molecule has 1 amide bonds. The normalized spacial score (nSPS) is 12.1. The average Bonchev–Trinajstić information content (AvgIpc) is 2.61. The van der Waals surface area contributed by atoms with Crippen molar-refractivity contribution in [2.75, 3.05) is 6.61 Å². The van der Waals surface area contributed by atoms with Crippen molar-refractivity contribution in [3.8, 4) is 0 Å². The van der Waals surface area contributed by atoms with Gasteiger partial charge in [-0.05, 0) is 34.0 Å². The molecule has 0 bridgehead atoms. The van der Waals surface area contributed by atoms with Crippen LogP contribution in [0.15, 0.2) is 60.7 Å². The van der Waals surface area contributed by atoms with E-state index in [-0.39, 0.29) is 18.6 Å². The van der Waals surface area contributed by atoms with Gasteiger partial charge in [-0.2, -0.15) is 0 Å². The van der Waals surface area contributed by atoms with Crippen LogP contribution in [0.5, 0.6) is 0 Å². The molecule has 2 N–H and O–H groups in total. The fraction of sp³-hybridized carbons (Fsp3) is 0.150. The molecule has 25 heavy (non-hydrogen) atoms. The lowest BCUT2D eigenvalue weighted by atomic mass is 10.0. The molecule has 0 aliphatic heterocycles. The molecule has 0 radical (unpaired) electrons. The SMILES string of the molecule is O=C(Cc1ccc(F)cc1F)N[C@@H](CO)c1ccc2ccccc2c1. The zero-order valence-corrected chi connectivity index (χ0v) is 13.4. The van der Waals surface area contributed by atoms with Crippen LogP contribution < -0.4 is 5.32 Å². The number of hydrogen-bond acceptors (Lipinski definition) is 2. The summed E-state index contributed by atoms with van der Waals surface area (Å²) in [5.74, 6) is -1.90. The first-order chi connectivity index (χ1) is 12.1. The van der Waals surface area contributed by atoms with Gasteiger partial charge in [0.25, 0.3) is 0 Å². The fourth-order valence-electron chi connectivity index (χ4n) is 2.74. The van der Waals surface area contributed by atoms with Gasteiger partial charge in [-0.15, -0.1) is 0 Å². The first-order valence-electron chi connectivity index (χ1n) is 7.89. The lowest BCUT2D eigenvalue weighted by Crippen LogP contribution is -2.32. The molecule has 0 aromatic heterocycles. The fourth-order valence-corrected chi connectivity index (χ4v) is 2.74. The Balaban J connectivity index is 1.75. The van der Waals surface area contributed by atoms with Crippen LogP contribution >= 0.6 is 0 Å². The number of aliphatic hydroxyl groups is 1. The number of amides is 1. The number of carbonyl (C=O) groups excluding carboxylic acids is 1. The van der Waals surface area contributed by atoms with E-state index in [0.29, 0.717) is 0 Å². The minimum atomic E-state index is -0.763. The van der Waals surface area contributed by atoms with E-state index in [1.165, 1.54) is 6.07 Å². The maximum absolute atomic E-state index is 13.7. The second kappa shape index (κ2) is 7.40. The molecule has 0 spiro atoms. The monoisotopic (exact) mass is 341 g/mol. The van der Waals surface area contributed by atoms with E-state index in [0.717, 1.165) is 28.5 Å². The number of aliphatic hydroxyl groups excluding tert-OH is 1. The summed E-state index contributed by atoms with van der Waals surface area (Å²) in [7, 11) is 0. The second-order valence-electron chi connectivity index (χ2n) is 5.82. The Morgan fingerprint density at radius 3 is 2.48 bits per heavy atom. The van der Waals surface area contributed by atoms with Crippen molar-refractivity contribution in [3.63, 3.8) is 0 Å². The van der Waals surface area contributed by atoms with E-state index in [1.807, 2.05) is 42.5 Å². The van der Waals surface area contributed by atoms with Gasteiger partial charge in [0.2, 0.25) is 5.91 Å². The van der Waals surface area contributed by atoms with Crippen LogP contribution in [0.1, 0.15) is 17.2 Å². The van der Waals surface area contributed by atoms with Crippen LogP contribution in [0.4, 0.5) is 8.78 Å². The molecule has 128 valence electrons. The average molecular weight is 341 g/mol. The number of carbonyl (C=O) groups is 1. The van der Waals surface area contributed by atoms with Gasteiger partial charge in [0.15, 0.2) is 0 Å². The zero-order valence-electron chi connectivity index (χ0n) is 13.4. The standard InChI is InChI=1S/C20H17F2NO2/c21-17-8-7-15(18(22)11-17)10-20(25)23-19(12-24)16-6-5-13-3-1-2-4-14(13)9-16/h1-9,11,19,24H,10,12H2,(H,23,25)/t19-/m0/s1. The minimum absolute atomic E-state index is 0.106. The minimum Gasteiger partial charge on any atom is -0.394 e. The van der Waals surface area contributed by atoms with Crippen molar-refractivity contribution in [2.24, 2.45) is 0 Å². The molecular formula is C20H17F2NO2. The molecule has 5 heteroatoms. The molecule has 3 aromatic rings. The third-order valence-corrected chi connectivity index (χ3v) is 4.06. The van der Waals surface area contributed by atoms with Gasteiger partial charge in [0.1, 0.15) is 11.6 Å². The van der Waals surface area contributed by atoms with Crippen LogP contribution in [0.3, 0.4) is 0 Å². The Hall–Kier alpha value is -2.79. The predicted molar refractivity (Wildman–Crippen MR) is 92.0 cm³/mol. The zero-order chi connectivity index (χ0) is 17.8. The summed E-state index contributed by atoms with van der Waals surface area (Å²) in [6.45, 7) is -0.282. The number of hydrogen-bond donors (Lipinski definition) is 2. The van der Waals surface area contributed by atoms with E-state index in [1.54, 1.807) is 0 Å². The van der Waals surface area contributed by atoms with Crippen molar-refractivity contribution in [3.05, 3.63) is 83.4 Å². The maximum Gasteiger partial charge on any atom is 0.225 e.